The lowest BCUT2D eigenvalue weighted by molar-refractivity contribution is -0.131. The number of ketones is 1. The van der Waals surface area contributed by atoms with E-state index in [0.717, 1.165) is 12.8 Å². The standard InChI is InChI=1S/C26H23NO6/c28-24(21-12-6-14-32-21)22-23(27(26(30)25(22)29)16-20-11-5-13-31-20)17-7-4-10-19(15-17)33-18-8-2-1-3-9-18/h1-4,6-10,12,14-15,20,23,29H,5,11,13,16H2/t20-,23+/m0/s1. The third-order valence-electron chi connectivity index (χ3n) is 5.87. The number of hydrogen-bond acceptors (Lipinski definition) is 6. The lowest BCUT2D eigenvalue weighted by atomic mass is 9.94. The summed E-state index contributed by atoms with van der Waals surface area (Å²) in [6, 6.07) is 18.8. The van der Waals surface area contributed by atoms with Crippen LogP contribution in [0.3, 0.4) is 0 Å². The topological polar surface area (TPSA) is 89.2 Å². The van der Waals surface area contributed by atoms with Gasteiger partial charge in [-0.25, -0.2) is 0 Å². The molecule has 0 radical (unpaired) electrons. The van der Waals surface area contributed by atoms with Crippen LogP contribution in [-0.4, -0.2) is 41.0 Å². The van der Waals surface area contributed by atoms with Crippen LogP contribution in [0.2, 0.25) is 0 Å². The summed E-state index contributed by atoms with van der Waals surface area (Å²) in [7, 11) is 0. The lowest BCUT2D eigenvalue weighted by Crippen LogP contribution is -2.37. The summed E-state index contributed by atoms with van der Waals surface area (Å²) in [6.45, 7) is 0.904. The van der Waals surface area contributed by atoms with Gasteiger partial charge >= 0.3 is 0 Å². The predicted molar refractivity (Wildman–Crippen MR) is 119 cm³/mol. The highest BCUT2D eigenvalue weighted by Crippen LogP contribution is 2.41. The van der Waals surface area contributed by atoms with Gasteiger partial charge in [-0.15, -0.1) is 0 Å². The highest BCUT2D eigenvalue weighted by atomic mass is 16.5. The van der Waals surface area contributed by atoms with Crippen LogP contribution in [0.5, 0.6) is 11.5 Å². The van der Waals surface area contributed by atoms with Crippen molar-refractivity contribution in [2.24, 2.45) is 0 Å². The van der Waals surface area contributed by atoms with E-state index in [0.29, 0.717) is 23.7 Å². The van der Waals surface area contributed by atoms with Gasteiger partial charge in [0.15, 0.2) is 11.5 Å². The molecule has 33 heavy (non-hydrogen) atoms. The molecule has 0 saturated carbocycles. The number of carbonyl (C=O) groups excluding carboxylic acids is 2. The maximum atomic E-state index is 13.3. The second-order valence-corrected chi connectivity index (χ2v) is 8.05. The van der Waals surface area contributed by atoms with Crippen molar-refractivity contribution in [3.05, 3.63) is 95.6 Å². The lowest BCUT2D eigenvalue weighted by Gasteiger charge is -2.29. The van der Waals surface area contributed by atoms with E-state index in [1.54, 1.807) is 24.3 Å². The van der Waals surface area contributed by atoms with Crippen molar-refractivity contribution in [3.8, 4) is 11.5 Å². The first-order chi connectivity index (χ1) is 16.1. The van der Waals surface area contributed by atoms with Crippen molar-refractivity contribution in [2.45, 2.75) is 25.0 Å². The molecular weight excluding hydrogens is 422 g/mol. The van der Waals surface area contributed by atoms with Crippen LogP contribution in [0.4, 0.5) is 0 Å². The molecule has 2 aliphatic rings. The minimum atomic E-state index is -0.793. The Hall–Kier alpha value is -3.84. The van der Waals surface area contributed by atoms with Gasteiger partial charge in [-0.3, -0.25) is 9.59 Å². The summed E-state index contributed by atoms with van der Waals surface area (Å²) in [5.41, 5.74) is 0.638. The molecule has 7 heteroatoms. The molecule has 1 N–H and O–H groups in total. The molecule has 2 aliphatic heterocycles. The Morgan fingerprint density at radius 1 is 1.06 bits per heavy atom. The first-order valence-corrected chi connectivity index (χ1v) is 10.9. The van der Waals surface area contributed by atoms with Crippen molar-refractivity contribution < 1.29 is 28.6 Å². The number of aliphatic hydroxyl groups excluding tert-OH is 1. The molecule has 3 aromatic rings. The summed E-state index contributed by atoms with van der Waals surface area (Å²) in [5.74, 6) is -0.406. The van der Waals surface area contributed by atoms with E-state index in [1.807, 2.05) is 36.4 Å². The zero-order valence-corrected chi connectivity index (χ0v) is 17.8. The van der Waals surface area contributed by atoms with Gasteiger partial charge in [0.2, 0.25) is 5.78 Å². The van der Waals surface area contributed by atoms with Crippen LogP contribution in [0, 0.1) is 0 Å². The molecule has 0 bridgehead atoms. The van der Waals surface area contributed by atoms with E-state index in [4.69, 9.17) is 13.9 Å². The normalized spacial score (nSPS) is 20.5. The van der Waals surface area contributed by atoms with Gasteiger partial charge in [0.05, 0.1) is 24.0 Å². The van der Waals surface area contributed by atoms with Crippen LogP contribution in [0.25, 0.3) is 0 Å². The molecule has 0 unspecified atom stereocenters. The van der Waals surface area contributed by atoms with Crippen molar-refractivity contribution in [1.29, 1.82) is 0 Å². The minimum Gasteiger partial charge on any atom is -0.503 e. The molecule has 2 aromatic carbocycles. The fourth-order valence-corrected chi connectivity index (χ4v) is 4.34. The Balaban J connectivity index is 1.53. The number of hydrogen-bond donors (Lipinski definition) is 1. The molecule has 5 rings (SSSR count). The summed E-state index contributed by atoms with van der Waals surface area (Å²) in [4.78, 5) is 27.8. The van der Waals surface area contributed by atoms with E-state index in [2.05, 4.69) is 0 Å². The number of para-hydroxylation sites is 1. The van der Waals surface area contributed by atoms with Crippen molar-refractivity contribution >= 4 is 11.7 Å². The Kier molecular flexibility index (Phi) is 5.71. The Labute approximate surface area is 190 Å². The Bertz CT molecular complexity index is 1180. The molecule has 0 spiro atoms. The van der Waals surface area contributed by atoms with E-state index < -0.39 is 23.5 Å². The van der Waals surface area contributed by atoms with Crippen LogP contribution in [0.15, 0.2) is 88.7 Å². The maximum Gasteiger partial charge on any atom is 0.290 e. The van der Waals surface area contributed by atoms with Crippen LogP contribution in [0.1, 0.15) is 35.0 Å². The Morgan fingerprint density at radius 3 is 2.61 bits per heavy atom. The quantitative estimate of drug-likeness (QED) is 0.524. The van der Waals surface area contributed by atoms with Gasteiger partial charge in [0.25, 0.3) is 5.91 Å². The van der Waals surface area contributed by atoms with Crippen molar-refractivity contribution in [3.63, 3.8) is 0 Å². The largest absolute Gasteiger partial charge is 0.503 e. The minimum absolute atomic E-state index is 0.00944. The molecule has 1 amide bonds. The summed E-state index contributed by atoms with van der Waals surface area (Å²) in [5, 5.41) is 10.8. The first kappa shape index (κ1) is 21.0. The van der Waals surface area contributed by atoms with E-state index in [1.165, 1.54) is 17.2 Å². The number of nitrogens with zero attached hydrogens (tertiary/aromatic N) is 1. The molecule has 0 aliphatic carbocycles. The zero-order chi connectivity index (χ0) is 22.8. The second kappa shape index (κ2) is 8.96. The SMILES string of the molecule is O=C(C1=C(O)C(=O)N(C[C@@H]2CCCO2)[C@@H]1c1cccc(Oc2ccccc2)c1)c1ccco1. The fourth-order valence-electron chi connectivity index (χ4n) is 4.34. The molecule has 3 heterocycles. The summed E-state index contributed by atoms with van der Waals surface area (Å²) < 4.78 is 17.0. The molecule has 2 atom stereocenters. The highest BCUT2D eigenvalue weighted by molar-refractivity contribution is 6.15. The van der Waals surface area contributed by atoms with Crippen LogP contribution in [-0.2, 0) is 9.53 Å². The number of carbonyl (C=O) groups is 2. The summed E-state index contributed by atoms with van der Waals surface area (Å²) in [6.07, 6.45) is 2.96. The predicted octanol–water partition coefficient (Wildman–Crippen LogP) is 4.83. The van der Waals surface area contributed by atoms with Gasteiger partial charge < -0.3 is 23.9 Å². The van der Waals surface area contributed by atoms with E-state index in [9.17, 15) is 14.7 Å². The molecule has 7 nitrogen and oxygen atoms in total. The fraction of sp³-hybridized carbons (Fsp3) is 0.231. The molecule has 1 fully saturated rings. The van der Waals surface area contributed by atoms with Gasteiger partial charge in [-0.2, -0.15) is 0 Å². The summed E-state index contributed by atoms with van der Waals surface area (Å²) >= 11 is 0. The van der Waals surface area contributed by atoms with Gasteiger partial charge in [-0.1, -0.05) is 30.3 Å². The van der Waals surface area contributed by atoms with Gasteiger partial charge in [0.1, 0.15) is 11.5 Å². The number of furan rings is 1. The molecule has 168 valence electrons. The second-order valence-electron chi connectivity index (χ2n) is 8.05. The van der Waals surface area contributed by atoms with Crippen LogP contribution < -0.4 is 4.74 Å². The van der Waals surface area contributed by atoms with Gasteiger partial charge in [0, 0.05) is 13.2 Å². The monoisotopic (exact) mass is 445 g/mol. The average molecular weight is 445 g/mol. The number of ether oxygens (including phenoxy) is 2. The Morgan fingerprint density at radius 2 is 1.88 bits per heavy atom. The number of benzene rings is 2. The number of Topliss-reactive ketones (excluding diaryl/α,β-unsaturated/α-hetero) is 1. The average Bonchev–Trinajstić information content (AvgIpc) is 3.59. The first-order valence-electron chi connectivity index (χ1n) is 10.9. The van der Waals surface area contributed by atoms with Gasteiger partial charge in [-0.05, 0) is 54.8 Å². The molecular formula is C26H23NO6. The third kappa shape index (κ3) is 4.15. The van der Waals surface area contributed by atoms with Crippen molar-refractivity contribution in [1.82, 2.24) is 4.90 Å². The van der Waals surface area contributed by atoms with E-state index in [-0.39, 0.29) is 24.0 Å². The van der Waals surface area contributed by atoms with Crippen LogP contribution >= 0.6 is 0 Å². The molecule has 1 aromatic heterocycles. The third-order valence-corrected chi connectivity index (χ3v) is 5.87. The number of rotatable bonds is 7. The van der Waals surface area contributed by atoms with Crippen molar-refractivity contribution in [2.75, 3.05) is 13.2 Å². The number of amides is 1. The zero-order valence-electron chi connectivity index (χ0n) is 17.8. The molecule has 1 saturated heterocycles. The smallest absolute Gasteiger partial charge is 0.290 e. The maximum absolute atomic E-state index is 13.3. The highest BCUT2D eigenvalue weighted by Gasteiger charge is 2.45. The van der Waals surface area contributed by atoms with E-state index >= 15 is 0 Å². The number of aliphatic hydroxyl groups is 1.